The average molecular weight is 268 g/mol. The summed E-state index contributed by atoms with van der Waals surface area (Å²) in [7, 11) is 0. The standard InChI is InChI=1S/C13H14F2N2S/c1-7-8(2)18-13(17-7)6-12(16)9-3-10(14)5-11(15)4-9/h3-5,12H,6,16H2,1-2H3. The maximum atomic E-state index is 13.1. The third kappa shape index (κ3) is 2.91. The average Bonchev–Trinajstić information content (AvgIpc) is 2.56. The van der Waals surface area contributed by atoms with Crippen LogP contribution in [0.15, 0.2) is 18.2 Å². The lowest BCUT2D eigenvalue weighted by atomic mass is 10.0. The molecule has 0 amide bonds. The Kier molecular flexibility index (Phi) is 3.73. The van der Waals surface area contributed by atoms with Crippen LogP contribution in [-0.2, 0) is 6.42 Å². The Balaban J connectivity index is 2.18. The Hall–Kier alpha value is -1.33. The number of halogens is 2. The Labute approximate surface area is 108 Å². The largest absolute Gasteiger partial charge is 0.324 e. The molecule has 1 aromatic heterocycles. The van der Waals surface area contributed by atoms with E-state index in [0.29, 0.717) is 12.0 Å². The van der Waals surface area contributed by atoms with Crippen molar-refractivity contribution in [3.63, 3.8) is 0 Å². The van der Waals surface area contributed by atoms with E-state index in [1.807, 2.05) is 13.8 Å². The van der Waals surface area contributed by atoms with Crippen LogP contribution in [0.3, 0.4) is 0 Å². The van der Waals surface area contributed by atoms with Gasteiger partial charge in [0.05, 0.1) is 10.7 Å². The highest BCUT2D eigenvalue weighted by Crippen LogP contribution is 2.23. The van der Waals surface area contributed by atoms with E-state index in [-0.39, 0.29) is 0 Å². The first-order valence-corrected chi connectivity index (χ1v) is 6.42. The van der Waals surface area contributed by atoms with Crippen molar-refractivity contribution in [2.75, 3.05) is 0 Å². The first-order chi connectivity index (χ1) is 8.45. The van der Waals surface area contributed by atoms with Crippen molar-refractivity contribution in [3.8, 4) is 0 Å². The molecule has 2 aromatic rings. The van der Waals surface area contributed by atoms with Gasteiger partial charge in [0.15, 0.2) is 0 Å². The van der Waals surface area contributed by atoms with Crippen molar-refractivity contribution in [3.05, 3.63) is 51.0 Å². The molecule has 2 N–H and O–H groups in total. The second kappa shape index (κ2) is 5.12. The fourth-order valence-electron chi connectivity index (χ4n) is 1.72. The zero-order valence-corrected chi connectivity index (χ0v) is 11.0. The van der Waals surface area contributed by atoms with Crippen molar-refractivity contribution in [1.29, 1.82) is 0 Å². The second-order valence-corrected chi connectivity index (χ2v) is 5.55. The number of nitrogens with zero attached hydrogens (tertiary/aromatic N) is 1. The molecule has 96 valence electrons. The second-order valence-electron chi connectivity index (χ2n) is 4.26. The molecule has 0 spiro atoms. The van der Waals surface area contributed by atoms with Gasteiger partial charge in [0.25, 0.3) is 0 Å². The van der Waals surface area contributed by atoms with Crippen LogP contribution in [-0.4, -0.2) is 4.98 Å². The Morgan fingerprint density at radius 3 is 2.33 bits per heavy atom. The Bertz CT molecular complexity index is 526. The third-order valence-corrected chi connectivity index (χ3v) is 3.88. The molecule has 2 rings (SSSR count). The van der Waals surface area contributed by atoms with E-state index < -0.39 is 17.7 Å². The van der Waals surface area contributed by atoms with Gasteiger partial charge in [-0.25, -0.2) is 13.8 Å². The van der Waals surface area contributed by atoms with Crippen LogP contribution in [0.25, 0.3) is 0 Å². The monoisotopic (exact) mass is 268 g/mol. The number of aryl methyl sites for hydroxylation is 2. The number of benzene rings is 1. The minimum absolute atomic E-state index is 0.444. The lowest BCUT2D eigenvalue weighted by molar-refractivity contribution is 0.572. The highest BCUT2D eigenvalue weighted by atomic mass is 32.1. The van der Waals surface area contributed by atoms with Crippen LogP contribution in [0, 0.1) is 25.5 Å². The molecule has 0 aliphatic carbocycles. The summed E-state index contributed by atoms with van der Waals surface area (Å²) in [5.74, 6) is -1.21. The summed E-state index contributed by atoms with van der Waals surface area (Å²) in [4.78, 5) is 5.51. The number of hydrogen-bond donors (Lipinski definition) is 1. The first kappa shape index (κ1) is 13.1. The third-order valence-electron chi connectivity index (χ3n) is 2.78. The number of nitrogens with two attached hydrogens (primary N) is 1. The van der Waals surface area contributed by atoms with Gasteiger partial charge in [-0.15, -0.1) is 11.3 Å². The first-order valence-electron chi connectivity index (χ1n) is 5.60. The van der Waals surface area contributed by atoms with Crippen LogP contribution in [0.4, 0.5) is 8.78 Å². The molecule has 1 aromatic carbocycles. The molecule has 0 aliphatic heterocycles. The molecule has 0 saturated heterocycles. The lowest BCUT2D eigenvalue weighted by Crippen LogP contribution is -2.13. The Morgan fingerprint density at radius 1 is 1.22 bits per heavy atom. The van der Waals surface area contributed by atoms with Gasteiger partial charge in [-0.1, -0.05) is 0 Å². The molecule has 18 heavy (non-hydrogen) atoms. The van der Waals surface area contributed by atoms with Crippen molar-refractivity contribution >= 4 is 11.3 Å². The van der Waals surface area contributed by atoms with Gasteiger partial charge in [0.2, 0.25) is 0 Å². The van der Waals surface area contributed by atoms with Gasteiger partial charge < -0.3 is 5.73 Å². The minimum atomic E-state index is -0.605. The summed E-state index contributed by atoms with van der Waals surface area (Å²) < 4.78 is 26.2. The van der Waals surface area contributed by atoms with E-state index in [9.17, 15) is 8.78 Å². The van der Waals surface area contributed by atoms with E-state index >= 15 is 0 Å². The quantitative estimate of drug-likeness (QED) is 0.927. The van der Waals surface area contributed by atoms with E-state index in [4.69, 9.17) is 5.73 Å². The van der Waals surface area contributed by atoms with Gasteiger partial charge in [-0.05, 0) is 31.5 Å². The van der Waals surface area contributed by atoms with Crippen LogP contribution >= 0.6 is 11.3 Å². The highest BCUT2D eigenvalue weighted by molar-refractivity contribution is 7.11. The molecule has 1 heterocycles. The molecule has 0 fully saturated rings. The van der Waals surface area contributed by atoms with E-state index in [2.05, 4.69) is 4.98 Å². The zero-order chi connectivity index (χ0) is 13.3. The number of hydrogen-bond acceptors (Lipinski definition) is 3. The predicted molar refractivity (Wildman–Crippen MR) is 68.6 cm³/mol. The smallest absolute Gasteiger partial charge is 0.126 e. The van der Waals surface area contributed by atoms with Gasteiger partial charge in [-0.2, -0.15) is 0 Å². The van der Waals surface area contributed by atoms with Crippen LogP contribution in [0.2, 0.25) is 0 Å². The highest BCUT2D eigenvalue weighted by Gasteiger charge is 2.13. The maximum Gasteiger partial charge on any atom is 0.126 e. The fourth-order valence-corrected chi connectivity index (χ4v) is 2.71. The molecule has 1 unspecified atom stereocenters. The summed E-state index contributed by atoms with van der Waals surface area (Å²) in [6.45, 7) is 3.92. The van der Waals surface area contributed by atoms with Crippen LogP contribution in [0.1, 0.15) is 27.2 Å². The molecular formula is C13H14F2N2S. The molecule has 0 aliphatic rings. The molecule has 0 bridgehead atoms. The summed E-state index contributed by atoms with van der Waals surface area (Å²) in [6.07, 6.45) is 0.488. The minimum Gasteiger partial charge on any atom is -0.324 e. The topological polar surface area (TPSA) is 38.9 Å². The lowest BCUT2D eigenvalue weighted by Gasteiger charge is -2.10. The predicted octanol–water partition coefficient (Wildman–Crippen LogP) is 3.28. The summed E-state index contributed by atoms with van der Waals surface area (Å²) in [6, 6.07) is 2.93. The number of thiazole rings is 1. The molecule has 5 heteroatoms. The maximum absolute atomic E-state index is 13.1. The summed E-state index contributed by atoms with van der Waals surface area (Å²) >= 11 is 1.57. The van der Waals surface area contributed by atoms with Crippen molar-refractivity contribution < 1.29 is 8.78 Å². The molecule has 1 atom stereocenters. The summed E-state index contributed by atoms with van der Waals surface area (Å²) in [5.41, 5.74) is 7.39. The van der Waals surface area contributed by atoms with Crippen molar-refractivity contribution in [2.24, 2.45) is 5.73 Å². The normalized spacial score (nSPS) is 12.7. The van der Waals surface area contributed by atoms with Gasteiger partial charge in [0, 0.05) is 23.4 Å². The van der Waals surface area contributed by atoms with Gasteiger partial charge in [-0.3, -0.25) is 0 Å². The zero-order valence-electron chi connectivity index (χ0n) is 10.2. The van der Waals surface area contributed by atoms with Crippen LogP contribution < -0.4 is 5.73 Å². The van der Waals surface area contributed by atoms with E-state index in [1.165, 1.54) is 12.1 Å². The fraction of sp³-hybridized carbons (Fsp3) is 0.308. The molecule has 0 saturated carbocycles. The molecule has 0 radical (unpaired) electrons. The van der Waals surface area contributed by atoms with Crippen LogP contribution in [0.5, 0.6) is 0 Å². The Morgan fingerprint density at radius 2 is 1.83 bits per heavy atom. The SMILES string of the molecule is Cc1nc(CC(N)c2cc(F)cc(F)c2)sc1C. The molecule has 2 nitrogen and oxygen atoms in total. The summed E-state index contributed by atoms with van der Waals surface area (Å²) in [5, 5.41) is 0.891. The molecular weight excluding hydrogens is 254 g/mol. The van der Waals surface area contributed by atoms with E-state index in [1.54, 1.807) is 11.3 Å². The van der Waals surface area contributed by atoms with Crippen molar-refractivity contribution in [1.82, 2.24) is 4.98 Å². The van der Waals surface area contributed by atoms with E-state index in [0.717, 1.165) is 21.6 Å². The van der Waals surface area contributed by atoms with Crippen molar-refractivity contribution in [2.45, 2.75) is 26.3 Å². The van der Waals surface area contributed by atoms with Gasteiger partial charge in [0.1, 0.15) is 11.6 Å². The number of aromatic nitrogens is 1. The number of rotatable bonds is 3. The van der Waals surface area contributed by atoms with Gasteiger partial charge >= 0.3 is 0 Å².